The molecule has 0 aliphatic carbocycles. The Labute approximate surface area is 88.4 Å². The Morgan fingerprint density at radius 2 is 2.40 bits per heavy atom. The standard InChI is InChI=1S/C10H16N2O3/c1-6(10(14)15)11-7-5-9(13)12-4-2-3-8(7)12/h6-8,11H,2-5H2,1H3,(H,14,15). The zero-order chi connectivity index (χ0) is 11.0. The van der Waals surface area contributed by atoms with Gasteiger partial charge in [-0.3, -0.25) is 14.9 Å². The van der Waals surface area contributed by atoms with Gasteiger partial charge < -0.3 is 10.0 Å². The summed E-state index contributed by atoms with van der Waals surface area (Å²) < 4.78 is 0. The maximum absolute atomic E-state index is 11.6. The van der Waals surface area contributed by atoms with Crippen LogP contribution < -0.4 is 5.32 Å². The van der Waals surface area contributed by atoms with Crippen LogP contribution in [0.4, 0.5) is 0 Å². The van der Waals surface area contributed by atoms with E-state index in [4.69, 9.17) is 5.11 Å². The number of hydrogen-bond donors (Lipinski definition) is 2. The van der Waals surface area contributed by atoms with Crippen LogP contribution in [0.5, 0.6) is 0 Å². The summed E-state index contributed by atoms with van der Waals surface area (Å²) in [6, 6.07) is -0.339. The van der Waals surface area contributed by atoms with Gasteiger partial charge >= 0.3 is 5.97 Å². The first-order valence-electron chi connectivity index (χ1n) is 5.38. The molecule has 5 nitrogen and oxygen atoms in total. The van der Waals surface area contributed by atoms with Crippen LogP contribution in [0.1, 0.15) is 26.2 Å². The molecule has 2 N–H and O–H groups in total. The van der Waals surface area contributed by atoms with Gasteiger partial charge in [-0.15, -0.1) is 0 Å². The van der Waals surface area contributed by atoms with Crippen molar-refractivity contribution in [1.82, 2.24) is 10.2 Å². The van der Waals surface area contributed by atoms with E-state index in [1.54, 1.807) is 6.92 Å². The number of nitrogens with zero attached hydrogens (tertiary/aromatic N) is 1. The zero-order valence-corrected chi connectivity index (χ0v) is 8.77. The molecule has 1 amide bonds. The molecule has 0 bridgehead atoms. The second kappa shape index (κ2) is 3.81. The van der Waals surface area contributed by atoms with Gasteiger partial charge in [-0.25, -0.2) is 0 Å². The first kappa shape index (κ1) is 10.4. The Balaban J connectivity index is 1.99. The highest BCUT2D eigenvalue weighted by molar-refractivity contribution is 5.81. The summed E-state index contributed by atoms with van der Waals surface area (Å²) in [6.45, 7) is 2.45. The number of carbonyl (C=O) groups excluding carboxylic acids is 1. The van der Waals surface area contributed by atoms with Crippen LogP contribution in [-0.4, -0.2) is 46.6 Å². The minimum absolute atomic E-state index is 0.0195. The topological polar surface area (TPSA) is 69.6 Å². The monoisotopic (exact) mass is 212 g/mol. The number of amides is 1. The van der Waals surface area contributed by atoms with E-state index in [0.29, 0.717) is 6.42 Å². The fraction of sp³-hybridized carbons (Fsp3) is 0.800. The van der Waals surface area contributed by atoms with E-state index in [2.05, 4.69) is 5.32 Å². The van der Waals surface area contributed by atoms with Gasteiger partial charge in [0.1, 0.15) is 6.04 Å². The average molecular weight is 212 g/mol. The van der Waals surface area contributed by atoms with Gasteiger partial charge in [-0.1, -0.05) is 0 Å². The first-order chi connectivity index (χ1) is 7.09. The highest BCUT2D eigenvalue weighted by Gasteiger charge is 2.42. The molecular formula is C10H16N2O3. The molecule has 2 aliphatic rings. The number of carboxylic acids is 1. The number of fused-ring (bicyclic) bond motifs is 1. The Hall–Kier alpha value is -1.10. The molecule has 3 unspecified atom stereocenters. The normalized spacial score (nSPS) is 31.8. The van der Waals surface area contributed by atoms with Crippen LogP contribution in [0.3, 0.4) is 0 Å². The highest BCUT2D eigenvalue weighted by Crippen LogP contribution is 2.29. The van der Waals surface area contributed by atoms with Crippen molar-refractivity contribution in [2.24, 2.45) is 0 Å². The maximum Gasteiger partial charge on any atom is 0.320 e. The van der Waals surface area contributed by atoms with Crippen LogP contribution in [0.25, 0.3) is 0 Å². The zero-order valence-electron chi connectivity index (χ0n) is 8.77. The minimum atomic E-state index is -0.862. The molecule has 2 saturated heterocycles. The van der Waals surface area contributed by atoms with Gasteiger partial charge in [0.05, 0.1) is 0 Å². The van der Waals surface area contributed by atoms with Crippen LogP contribution in [0.15, 0.2) is 0 Å². The molecule has 0 saturated carbocycles. The summed E-state index contributed by atoms with van der Waals surface area (Å²) in [4.78, 5) is 24.1. The van der Waals surface area contributed by atoms with Crippen molar-refractivity contribution in [2.45, 2.75) is 44.3 Å². The molecule has 0 aromatic carbocycles. The molecule has 2 rings (SSSR count). The van der Waals surface area contributed by atoms with Crippen molar-refractivity contribution in [3.8, 4) is 0 Å². The van der Waals surface area contributed by atoms with Crippen molar-refractivity contribution in [1.29, 1.82) is 0 Å². The lowest BCUT2D eigenvalue weighted by atomic mass is 10.1. The predicted octanol–water partition coefficient (Wildman–Crippen LogP) is -0.188. The maximum atomic E-state index is 11.6. The van der Waals surface area contributed by atoms with Crippen LogP contribution in [0.2, 0.25) is 0 Å². The summed E-state index contributed by atoms with van der Waals surface area (Å²) in [5.41, 5.74) is 0. The third kappa shape index (κ3) is 1.84. The average Bonchev–Trinajstić information content (AvgIpc) is 2.72. The van der Waals surface area contributed by atoms with Crippen LogP contribution in [0, 0.1) is 0 Å². The number of rotatable bonds is 3. The predicted molar refractivity (Wildman–Crippen MR) is 53.4 cm³/mol. The first-order valence-corrected chi connectivity index (χ1v) is 5.38. The van der Waals surface area contributed by atoms with Crippen molar-refractivity contribution < 1.29 is 14.7 Å². The lowest BCUT2D eigenvalue weighted by Crippen LogP contribution is -2.46. The lowest BCUT2D eigenvalue weighted by Gasteiger charge is -2.22. The van der Waals surface area contributed by atoms with Crippen molar-refractivity contribution in [3.05, 3.63) is 0 Å². The minimum Gasteiger partial charge on any atom is -0.480 e. The van der Waals surface area contributed by atoms with Crippen molar-refractivity contribution >= 4 is 11.9 Å². The second-order valence-corrected chi connectivity index (χ2v) is 4.33. The molecule has 2 heterocycles. The largest absolute Gasteiger partial charge is 0.480 e. The van der Waals surface area contributed by atoms with E-state index in [1.807, 2.05) is 4.90 Å². The number of aliphatic carboxylic acids is 1. The van der Waals surface area contributed by atoms with E-state index < -0.39 is 12.0 Å². The molecule has 5 heteroatoms. The van der Waals surface area contributed by atoms with Gasteiger partial charge in [-0.2, -0.15) is 0 Å². The summed E-state index contributed by atoms with van der Waals surface area (Å²) in [7, 11) is 0. The molecule has 0 spiro atoms. The molecule has 84 valence electrons. The third-order valence-corrected chi connectivity index (χ3v) is 3.31. The summed E-state index contributed by atoms with van der Waals surface area (Å²) in [6.07, 6.45) is 2.48. The second-order valence-electron chi connectivity index (χ2n) is 4.33. The molecule has 2 aliphatic heterocycles. The van der Waals surface area contributed by atoms with E-state index >= 15 is 0 Å². The quantitative estimate of drug-likeness (QED) is 0.680. The molecule has 0 aromatic heterocycles. The Bertz CT molecular complexity index is 292. The Kier molecular flexibility index (Phi) is 2.65. The van der Waals surface area contributed by atoms with Gasteiger partial charge in [-0.05, 0) is 19.8 Å². The summed E-state index contributed by atoms with van der Waals surface area (Å²) >= 11 is 0. The number of carbonyl (C=O) groups is 2. The Morgan fingerprint density at radius 3 is 3.07 bits per heavy atom. The van der Waals surface area contributed by atoms with E-state index in [0.717, 1.165) is 19.4 Å². The van der Waals surface area contributed by atoms with Crippen LogP contribution in [-0.2, 0) is 9.59 Å². The fourth-order valence-corrected chi connectivity index (χ4v) is 2.52. The van der Waals surface area contributed by atoms with Crippen molar-refractivity contribution in [3.63, 3.8) is 0 Å². The molecule has 15 heavy (non-hydrogen) atoms. The molecule has 0 aromatic rings. The van der Waals surface area contributed by atoms with Gasteiger partial charge in [0.25, 0.3) is 0 Å². The van der Waals surface area contributed by atoms with E-state index in [9.17, 15) is 9.59 Å². The number of nitrogens with one attached hydrogen (secondary N) is 1. The Morgan fingerprint density at radius 1 is 1.67 bits per heavy atom. The number of carboxylic acid groups (broad SMARTS) is 1. The van der Waals surface area contributed by atoms with Crippen molar-refractivity contribution in [2.75, 3.05) is 6.54 Å². The highest BCUT2D eigenvalue weighted by atomic mass is 16.4. The van der Waals surface area contributed by atoms with Gasteiger partial charge in [0.2, 0.25) is 5.91 Å². The van der Waals surface area contributed by atoms with Crippen LogP contribution >= 0.6 is 0 Å². The third-order valence-electron chi connectivity index (χ3n) is 3.31. The molecule has 0 radical (unpaired) electrons. The fourth-order valence-electron chi connectivity index (χ4n) is 2.52. The summed E-state index contributed by atoms with van der Waals surface area (Å²) in [5.74, 6) is -0.702. The van der Waals surface area contributed by atoms with E-state index in [-0.39, 0.29) is 18.0 Å². The SMILES string of the molecule is CC(NC1CC(=O)N2CCCC12)C(=O)O. The molecule has 2 fully saturated rings. The smallest absolute Gasteiger partial charge is 0.320 e. The molecular weight excluding hydrogens is 196 g/mol. The number of hydrogen-bond acceptors (Lipinski definition) is 3. The van der Waals surface area contributed by atoms with Gasteiger partial charge in [0.15, 0.2) is 0 Å². The summed E-state index contributed by atoms with van der Waals surface area (Å²) in [5, 5.41) is 11.8. The van der Waals surface area contributed by atoms with E-state index in [1.165, 1.54) is 0 Å². The lowest BCUT2D eigenvalue weighted by molar-refractivity contribution is -0.139. The molecule has 3 atom stereocenters. The van der Waals surface area contributed by atoms with Gasteiger partial charge in [0, 0.05) is 25.0 Å².